The molecule has 1 heterocycles. The average molecular weight is 274 g/mol. The molecule has 0 aliphatic heterocycles. The van der Waals surface area contributed by atoms with Crippen LogP contribution >= 0.6 is 0 Å². The molecule has 0 saturated carbocycles. The number of aryl methyl sites for hydroxylation is 3. The predicted octanol–water partition coefficient (Wildman–Crippen LogP) is 3.03. The van der Waals surface area contributed by atoms with Crippen LogP contribution < -0.4 is 4.74 Å². The van der Waals surface area contributed by atoms with Crippen molar-refractivity contribution < 1.29 is 14.1 Å². The molecule has 0 saturated heterocycles. The average Bonchev–Trinajstić information content (AvgIpc) is 2.85. The third-order valence-electron chi connectivity index (χ3n) is 2.94. The van der Waals surface area contributed by atoms with Gasteiger partial charge in [0, 0.05) is 12.0 Å². The lowest BCUT2D eigenvalue weighted by atomic mass is 10.1. The molecule has 0 aliphatic carbocycles. The molecular formula is C15H18N2O3. The van der Waals surface area contributed by atoms with Gasteiger partial charge < -0.3 is 9.26 Å². The van der Waals surface area contributed by atoms with Crippen LogP contribution in [0.15, 0.2) is 16.7 Å². The molecule has 0 fully saturated rings. The highest BCUT2D eigenvalue weighted by Crippen LogP contribution is 2.25. The van der Waals surface area contributed by atoms with Crippen LogP contribution in [0.5, 0.6) is 5.75 Å². The first kappa shape index (κ1) is 14.2. The molecule has 20 heavy (non-hydrogen) atoms. The predicted molar refractivity (Wildman–Crippen MR) is 73.9 cm³/mol. The van der Waals surface area contributed by atoms with Crippen LogP contribution in [0, 0.1) is 13.8 Å². The minimum Gasteiger partial charge on any atom is -0.485 e. The Hall–Kier alpha value is -2.17. The molecule has 0 spiro atoms. The van der Waals surface area contributed by atoms with Crippen LogP contribution in [0.2, 0.25) is 0 Å². The summed E-state index contributed by atoms with van der Waals surface area (Å²) in [6, 6.07) is 3.60. The van der Waals surface area contributed by atoms with Gasteiger partial charge in [0.1, 0.15) is 12.0 Å². The Labute approximate surface area is 118 Å². The van der Waals surface area contributed by atoms with Gasteiger partial charge in [0.05, 0.1) is 0 Å². The van der Waals surface area contributed by atoms with Crippen molar-refractivity contribution in [3.05, 3.63) is 40.5 Å². The van der Waals surface area contributed by atoms with Gasteiger partial charge in [0.2, 0.25) is 11.7 Å². The van der Waals surface area contributed by atoms with E-state index in [9.17, 15) is 4.79 Å². The van der Waals surface area contributed by atoms with Crippen molar-refractivity contribution in [1.82, 2.24) is 10.1 Å². The Morgan fingerprint density at radius 1 is 1.30 bits per heavy atom. The Morgan fingerprint density at radius 2 is 2.00 bits per heavy atom. The molecule has 5 nitrogen and oxygen atoms in total. The zero-order valence-electron chi connectivity index (χ0n) is 12.0. The second-order valence-electron chi connectivity index (χ2n) is 4.74. The Balaban J connectivity index is 2.08. The topological polar surface area (TPSA) is 65.2 Å². The van der Waals surface area contributed by atoms with E-state index in [1.165, 1.54) is 0 Å². The van der Waals surface area contributed by atoms with Crippen molar-refractivity contribution in [3.63, 3.8) is 0 Å². The fourth-order valence-electron chi connectivity index (χ4n) is 2.08. The Morgan fingerprint density at radius 3 is 2.60 bits per heavy atom. The van der Waals surface area contributed by atoms with Crippen LogP contribution in [0.1, 0.15) is 46.5 Å². The highest BCUT2D eigenvalue weighted by Gasteiger charge is 2.10. The number of aldehydes is 1. The fraction of sp³-hybridized carbons (Fsp3) is 0.400. The highest BCUT2D eigenvalue weighted by atomic mass is 16.5. The van der Waals surface area contributed by atoms with E-state index in [1.54, 1.807) is 12.1 Å². The minimum atomic E-state index is 0.259. The lowest BCUT2D eigenvalue weighted by Gasteiger charge is -2.11. The van der Waals surface area contributed by atoms with Crippen molar-refractivity contribution in [3.8, 4) is 5.75 Å². The first-order chi connectivity index (χ1) is 9.63. The fourth-order valence-corrected chi connectivity index (χ4v) is 2.08. The third kappa shape index (κ3) is 3.23. The van der Waals surface area contributed by atoms with E-state index in [4.69, 9.17) is 9.26 Å². The molecule has 0 bridgehead atoms. The van der Waals surface area contributed by atoms with Gasteiger partial charge in [-0.1, -0.05) is 12.1 Å². The summed E-state index contributed by atoms with van der Waals surface area (Å²) in [6.45, 7) is 6.14. The van der Waals surface area contributed by atoms with E-state index in [-0.39, 0.29) is 6.61 Å². The van der Waals surface area contributed by atoms with Crippen LogP contribution in [0.25, 0.3) is 0 Å². The van der Waals surface area contributed by atoms with Gasteiger partial charge in [-0.05, 0) is 43.5 Å². The van der Waals surface area contributed by atoms with Crippen LogP contribution in [0.4, 0.5) is 0 Å². The number of carbonyl (C=O) groups is 1. The SMILES string of the molecule is CCCc1nc(COc2c(C)cc(C=O)cc2C)no1. The van der Waals surface area contributed by atoms with Crippen molar-refractivity contribution in [2.24, 2.45) is 0 Å². The summed E-state index contributed by atoms with van der Waals surface area (Å²) < 4.78 is 10.8. The molecule has 0 unspecified atom stereocenters. The number of aromatic nitrogens is 2. The van der Waals surface area contributed by atoms with Crippen molar-refractivity contribution in [2.75, 3.05) is 0 Å². The molecule has 2 rings (SSSR count). The maximum absolute atomic E-state index is 10.8. The van der Waals surface area contributed by atoms with Gasteiger partial charge in [-0.2, -0.15) is 4.98 Å². The number of hydrogen-bond donors (Lipinski definition) is 0. The lowest BCUT2D eigenvalue weighted by molar-refractivity contribution is 0.112. The molecule has 2 aromatic rings. The molecule has 106 valence electrons. The minimum absolute atomic E-state index is 0.259. The number of carbonyl (C=O) groups excluding carboxylic acids is 1. The molecule has 1 aromatic carbocycles. The third-order valence-corrected chi connectivity index (χ3v) is 2.94. The first-order valence-electron chi connectivity index (χ1n) is 6.64. The Bertz CT molecular complexity index is 582. The summed E-state index contributed by atoms with van der Waals surface area (Å²) in [5.41, 5.74) is 2.49. The van der Waals surface area contributed by atoms with E-state index in [0.29, 0.717) is 17.3 Å². The number of nitrogens with zero attached hydrogens (tertiary/aromatic N) is 2. The second-order valence-corrected chi connectivity index (χ2v) is 4.74. The van der Waals surface area contributed by atoms with Gasteiger partial charge >= 0.3 is 0 Å². The summed E-state index contributed by atoms with van der Waals surface area (Å²) in [7, 11) is 0. The number of rotatable bonds is 6. The van der Waals surface area contributed by atoms with E-state index in [1.807, 2.05) is 13.8 Å². The van der Waals surface area contributed by atoms with Gasteiger partial charge in [-0.15, -0.1) is 0 Å². The number of hydrogen-bond acceptors (Lipinski definition) is 5. The molecule has 0 aliphatic rings. The molecular weight excluding hydrogens is 256 g/mol. The van der Waals surface area contributed by atoms with Gasteiger partial charge in [-0.25, -0.2) is 0 Å². The van der Waals surface area contributed by atoms with E-state index >= 15 is 0 Å². The van der Waals surface area contributed by atoms with Crippen molar-refractivity contribution in [1.29, 1.82) is 0 Å². The number of ether oxygens (including phenoxy) is 1. The summed E-state index contributed by atoms with van der Waals surface area (Å²) in [4.78, 5) is 15.0. The van der Waals surface area contributed by atoms with Crippen molar-refractivity contribution >= 4 is 6.29 Å². The summed E-state index contributed by atoms with van der Waals surface area (Å²) in [5, 5.41) is 3.88. The van der Waals surface area contributed by atoms with Crippen LogP contribution in [0.3, 0.4) is 0 Å². The molecule has 5 heteroatoms. The molecule has 0 amide bonds. The highest BCUT2D eigenvalue weighted by molar-refractivity contribution is 5.76. The molecule has 0 N–H and O–H groups in total. The maximum atomic E-state index is 10.8. The summed E-state index contributed by atoms with van der Waals surface area (Å²) >= 11 is 0. The molecule has 0 atom stereocenters. The van der Waals surface area contributed by atoms with E-state index in [0.717, 1.165) is 36.0 Å². The standard InChI is InChI=1S/C15H18N2O3/c1-4-5-14-16-13(17-20-14)9-19-15-10(2)6-12(8-18)7-11(15)3/h6-8H,4-5,9H2,1-3H3. The zero-order chi connectivity index (χ0) is 14.5. The molecule has 1 aromatic heterocycles. The van der Waals surface area contributed by atoms with Gasteiger partial charge in [0.25, 0.3) is 0 Å². The first-order valence-corrected chi connectivity index (χ1v) is 6.64. The van der Waals surface area contributed by atoms with Gasteiger partial charge in [-0.3, -0.25) is 4.79 Å². The monoisotopic (exact) mass is 274 g/mol. The number of benzene rings is 1. The smallest absolute Gasteiger partial charge is 0.226 e. The molecule has 0 radical (unpaired) electrons. The lowest BCUT2D eigenvalue weighted by Crippen LogP contribution is -2.01. The van der Waals surface area contributed by atoms with Crippen molar-refractivity contribution in [2.45, 2.75) is 40.2 Å². The van der Waals surface area contributed by atoms with Crippen LogP contribution in [-0.4, -0.2) is 16.4 Å². The summed E-state index contributed by atoms with van der Waals surface area (Å²) in [5.74, 6) is 1.93. The Kier molecular flexibility index (Phi) is 4.50. The van der Waals surface area contributed by atoms with Crippen LogP contribution in [-0.2, 0) is 13.0 Å². The van der Waals surface area contributed by atoms with Gasteiger partial charge in [0.15, 0.2) is 6.61 Å². The quantitative estimate of drug-likeness (QED) is 0.757. The normalized spacial score (nSPS) is 10.6. The van der Waals surface area contributed by atoms with E-state index in [2.05, 4.69) is 17.1 Å². The zero-order valence-corrected chi connectivity index (χ0v) is 12.0. The largest absolute Gasteiger partial charge is 0.485 e. The maximum Gasteiger partial charge on any atom is 0.226 e. The summed E-state index contributed by atoms with van der Waals surface area (Å²) in [6.07, 6.45) is 2.58. The van der Waals surface area contributed by atoms with E-state index < -0.39 is 0 Å². The second kappa shape index (κ2) is 6.32.